The molecular weight excluding hydrogens is 313 g/mol. The van der Waals surface area contributed by atoms with Gasteiger partial charge in [0.25, 0.3) is 0 Å². The van der Waals surface area contributed by atoms with E-state index in [1.54, 1.807) is 0 Å². The Balaban J connectivity index is 1.98. The Morgan fingerprint density at radius 3 is 1.58 bits per heavy atom. The van der Waals surface area contributed by atoms with E-state index < -0.39 is 23.5 Å². The predicted molar refractivity (Wildman–Crippen MR) is 85.6 cm³/mol. The van der Waals surface area contributed by atoms with E-state index in [1.807, 2.05) is 60.7 Å². The van der Waals surface area contributed by atoms with Crippen LogP contribution in [0.1, 0.15) is 17.2 Å². The van der Waals surface area contributed by atoms with Gasteiger partial charge in [0.1, 0.15) is 6.04 Å². The largest absolute Gasteiger partial charge is 0.204 e. The second-order valence-electron chi connectivity index (χ2n) is 5.16. The molecule has 0 heterocycles. The molecule has 0 atom stereocenters. The van der Waals surface area contributed by atoms with Crippen molar-refractivity contribution in [3.05, 3.63) is 101 Å². The van der Waals surface area contributed by atoms with Gasteiger partial charge in [-0.15, -0.1) is 0 Å². The second-order valence-corrected chi connectivity index (χ2v) is 5.16. The first-order valence-electron chi connectivity index (χ1n) is 7.30. The molecule has 0 N–H and O–H groups in total. The van der Waals surface area contributed by atoms with Crippen LogP contribution in [0.2, 0.25) is 0 Å². The van der Waals surface area contributed by atoms with Crippen molar-refractivity contribution in [1.29, 1.82) is 0 Å². The number of halogens is 3. The molecule has 5 heteroatoms. The maximum atomic E-state index is 13.3. The molecule has 0 aliphatic carbocycles. The van der Waals surface area contributed by atoms with Gasteiger partial charge >= 0.3 is 0 Å². The minimum Gasteiger partial charge on any atom is -0.204 e. The maximum absolute atomic E-state index is 13.3. The highest BCUT2D eigenvalue weighted by Crippen LogP contribution is 2.28. The lowest BCUT2D eigenvalue weighted by atomic mass is 10.00. The molecule has 3 rings (SSSR count). The zero-order valence-electron chi connectivity index (χ0n) is 12.5. The van der Waals surface area contributed by atoms with E-state index in [-0.39, 0.29) is 5.69 Å². The monoisotopic (exact) mass is 326 g/mol. The quantitative estimate of drug-likeness (QED) is 0.416. The molecule has 0 aromatic heterocycles. The summed E-state index contributed by atoms with van der Waals surface area (Å²) in [7, 11) is 0. The van der Waals surface area contributed by atoms with E-state index in [9.17, 15) is 13.2 Å². The summed E-state index contributed by atoms with van der Waals surface area (Å²) < 4.78 is 39.6. The molecule has 0 aliphatic heterocycles. The highest BCUT2D eigenvalue weighted by atomic mass is 19.2. The molecule has 0 saturated heterocycles. The summed E-state index contributed by atoms with van der Waals surface area (Å²) in [6.45, 7) is 0. The smallest absolute Gasteiger partial charge is 0.194 e. The number of rotatable bonds is 4. The van der Waals surface area contributed by atoms with Crippen molar-refractivity contribution in [2.45, 2.75) is 6.04 Å². The van der Waals surface area contributed by atoms with Crippen LogP contribution in [0.15, 0.2) is 83.0 Å². The molecule has 0 radical (unpaired) electrons. The van der Waals surface area contributed by atoms with Gasteiger partial charge in [-0.05, 0) is 11.1 Å². The number of hydrogen-bond acceptors (Lipinski definition) is 2. The summed E-state index contributed by atoms with van der Waals surface area (Å²) in [5.74, 6) is -4.10. The molecule has 0 spiro atoms. The lowest BCUT2D eigenvalue weighted by Gasteiger charge is -2.12. The number of azo groups is 1. The molecule has 0 aliphatic rings. The molecule has 3 aromatic carbocycles. The molecule has 0 amide bonds. The molecule has 3 aromatic rings. The summed E-state index contributed by atoms with van der Waals surface area (Å²) >= 11 is 0. The van der Waals surface area contributed by atoms with Crippen LogP contribution in [0, 0.1) is 17.5 Å². The van der Waals surface area contributed by atoms with Crippen molar-refractivity contribution in [1.82, 2.24) is 0 Å². The summed E-state index contributed by atoms with van der Waals surface area (Å²) in [5, 5.41) is 8.12. The van der Waals surface area contributed by atoms with Crippen molar-refractivity contribution < 1.29 is 13.2 Å². The van der Waals surface area contributed by atoms with Crippen LogP contribution in [-0.4, -0.2) is 0 Å². The lowest BCUT2D eigenvalue weighted by Crippen LogP contribution is -1.97. The average molecular weight is 326 g/mol. The third-order valence-corrected chi connectivity index (χ3v) is 3.49. The Hall–Kier alpha value is -2.95. The molecular formula is C19H13F3N2. The van der Waals surface area contributed by atoms with Gasteiger partial charge in [0, 0.05) is 12.1 Å². The van der Waals surface area contributed by atoms with Gasteiger partial charge in [0.15, 0.2) is 17.5 Å². The van der Waals surface area contributed by atoms with Crippen LogP contribution in [-0.2, 0) is 0 Å². The van der Waals surface area contributed by atoms with E-state index in [0.717, 1.165) is 23.3 Å². The van der Waals surface area contributed by atoms with E-state index in [2.05, 4.69) is 10.2 Å². The van der Waals surface area contributed by atoms with E-state index >= 15 is 0 Å². The Morgan fingerprint density at radius 2 is 1.12 bits per heavy atom. The van der Waals surface area contributed by atoms with Crippen LogP contribution in [0.4, 0.5) is 18.9 Å². The first kappa shape index (κ1) is 15.9. The highest BCUT2D eigenvalue weighted by Gasteiger charge is 2.14. The standard InChI is InChI=1S/C19H13F3N2/c20-16-11-15(12-17(21)18(16)22)23-24-19(13-7-3-1-4-8-13)14-9-5-2-6-10-14/h1-12,19H. The Labute approximate surface area is 137 Å². The normalized spacial score (nSPS) is 11.3. The minimum absolute atomic E-state index is 0.0803. The fraction of sp³-hybridized carbons (Fsp3) is 0.0526. The van der Waals surface area contributed by atoms with Gasteiger partial charge in [0.05, 0.1) is 5.69 Å². The maximum Gasteiger partial charge on any atom is 0.194 e. The van der Waals surface area contributed by atoms with Gasteiger partial charge in [-0.1, -0.05) is 60.7 Å². The second kappa shape index (κ2) is 7.08. The molecule has 0 fully saturated rings. The van der Waals surface area contributed by atoms with Crippen molar-refractivity contribution in [3.63, 3.8) is 0 Å². The van der Waals surface area contributed by atoms with Gasteiger partial charge in [-0.25, -0.2) is 13.2 Å². The van der Waals surface area contributed by atoms with Crippen LogP contribution in [0.25, 0.3) is 0 Å². The minimum atomic E-state index is -1.52. The summed E-state index contributed by atoms with van der Waals surface area (Å²) in [6.07, 6.45) is 0. The van der Waals surface area contributed by atoms with Crippen molar-refractivity contribution in [2.24, 2.45) is 10.2 Å². The van der Waals surface area contributed by atoms with Crippen molar-refractivity contribution in [3.8, 4) is 0 Å². The Bertz CT molecular complexity index is 786. The zero-order chi connectivity index (χ0) is 16.9. The number of hydrogen-bond donors (Lipinski definition) is 0. The fourth-order valence-electron chi connectivity index (χ4n) is 2.32. The molecule has 120 valence electrons. The van der Waals surface area contributed by atoms with E-state index in [4.69, 9.17) is 0 Å². The molecule has 0 unspecified atom stereocenters. The van der Waals surface area contributed by atoms with Crippen LogP contribution in [0.3, 0.4) is 0 Å². The third-order valence-electron chi connectivity index (χ3n) is 3.49. The van der Waals surface area contributed by atoms with E-state index in [0.29, 0.717) is 0 Å². The number of benzene rings is 3. The van der Waals surface area contributed by atoms with Crippen LogP contribution < -0.4 is 0 Å². The van der Waals surface area contributed by atoms with Gasteiger partial charge in [0.2, 0.25) is 0 Å². The molecule has 24 heavy (non-hydrogen) atoms. The number of nitrogens with zero attached hydrogens (tertiary/aromatic N) is 2. The van der Waals surface area contributed by atoms with Gasteiger partial charge in [-0.2, -0.15) is 10.2 Å². The predicted octanol–water partition coefficient (Wildman–Crippen LogP) is 5.98. The zero-order valence-corrected chi connectivity index (χ0v) is 12.5. The summed E-state index contributed by atoms with van der Waals surface area (Å²) in [6, 6.07) is 20.0. The van der Waals surface area contributed by atoms with Gasteiger partial charge < -0.3 is 0 Å². The third kappa shape index (κ3) is 3.51. The fourth-order valence-corrected chi connectivity index (χ4v) is 2.32. The first-order valence-corrected chi connectivity index (χ1v) is 7.30. The summed E-state index contributed by atoms with van der Waals surface area (Å²) in [4.78, 5) is 0. The van der Waals surface area contributed by atoms with Crippen molar-refractivity contribution in [2.75, 3.05) is 0 Å². The van der Waals surface area contributed by atoms with Crippen LogP contribution in [0.5, 0.6) is 0 Å². The average Bonchev–Trinajstić information content (AvgIpc) is 2.61. The van der Waals surface area contributed by atoms with Gasteiger partial charge in [-0.3, -0.25) is 0 Å². The molecule has 0 saturated carbocycles. The SMILES string of the molecule is Fc1cc(N=NC(c2ccccc2)c2ccccc2)cc(F)c1F. The lowest BCUT2D eigenvalue weighted by molar-refractivity contribution is 0.447. The van der Waals surface area contributed by atoms with Crippen molar-refractivity contribution >= 4 is 5.69 Å². The van der Waals surface area contributed by atoms with E-state index in [1.165, 1.54) is 0 Å². The topological polar surface area (TPSA) is 24.7 Å². The van der Waals surface area contributed by atoms with Crippen LogP contribution >= 0.6 is 0 Å². The molecule has 2 nitrogen and oxygen atoms in total. The first-order chi connectivity index (χ1) is 11.6. The Morgan fingerprint density at radius 1 is 0.667 bits per heavy atom. The summed E-state index contributed by atoms with van der Waals surface area (Å²) in [5.41, 5.74) is 1.69. The Kier molecular flexibility index (Phi) is 4.70. The highest BCUT2D eigenvalue weighted by molar-refractivity contribution is 5.38. The molecule has 0 bridgehead atoms.